The van der Waals surface area contributed by atoms with Crippen molar-refractivity contribution in [3.05, 3.63) is 53.7 Å². The topological polar surface area (TPSA) is 75.1 Å². The first-order valence-electron chi connectivity index (χ1n) is 10.3. The Bertz CT molecular complexity index is 1050. The normalized spacial score (nSPS) is 15.3. The van der Waals surface area contributed by atoms with Crippen LogP contribution >= 0.6 is 0 Å². The molecule has 0 radical (unpaired) electrons. The van der Waals surface area contributed by atoms with Crippen molar-refractivity contribution in [3.8, 4) is 0 Å². The molecular formula is C21H26F3N4O3S+. The summed E-state index contributed by atoms with van der Waals surface area (Å²) in [6, 6.07) is 8.40. The van der Waals surface area contributed by atoms with E-state index in [1.165, 1.54) is 22.5 Å². The summed E-state index contributed by atoms with van der Waals surface area (Å²) in [6.45, 7) is 5.77. The molecule has 0 saturated carbocycles. The smallest absolute Gasteiger partial charge is 0.331 e. The number of piperazine rings is 1. The van der Waals surface area contributed by atoms with Gasteiger partial charge in [-0.3, -0.25) is 9.69 Å². The quantitative estimate of drug-likeness (QED) is 0.649. The van der Waals surface area contributed by atoms with Crippen molar-refractivity contribution in [2.45, 2.75) is 24.9 Å². The molecule has 1 aliphatic heterocycles. The van der Waals surface area contributed by atoms with Crippen LogP contribution in [0.1, 0.15) is 29.8 Å². The van der Waals surface area contributed by atoms with Gasteiger partial charge in [0.25, 0.3) is 11.7 Å². The second kappa shape index (κ2) is 9.45. The van der Waals surface area contributed by atoms with Crippen LogP contribution in [-0.2, 0) is 16.2 Å². The van der Waals surface area contributed by atoms with Gasteiger partial charge in [0.1, 0.15) is 19.3 Å². The van der Waals surface area contributed by atoms with Gasteiger partial charge in [-0.05, 0) is 24.3 Å². The molecule has 1 saturated heterocycles. The van der Waals surface area contributed by atoms with E-state index >= 15 is 0 Å². The van der Waals surface area contributed by atoms with Crippen molar-refractivity contribution < 1.29 is 31.4 Å². The second-order valence-corrected chi connectivity index (χ2v) is 9.29. The molecule has 0 spiro atoms. The number of pyridine rings is 1. The number of hydrogen-bond acceptors (Lipinski definition) is 4. The standard InChI is InChI=1S/C21H25F3N4O3S/c1-3-28(4-2)32(30,31)18-7-5-6-16(14-18)20(29)27-12-10-26(11-13-27)19-9-8-17(15-25-19)21(22,23)24/h5-9,14-15H,3-4,10-13H2,1-2H3/p+1. The van der Waals surface area contributed by atoms with E-state index in [9.17, 15) is 26.4 Å². The van der Waals surface area contributed by atoms with Crippen LogP contribution in [-0.4, -0.2) is 62.8 Å². The molecule has 2 aromatic rings. The second-order valence-electron chi connectivity index (χ2n) is 7.36. The summed E-state index contributed by atoms with van der Waals surface area (Å²) < 4.78 is 65.0. The van der Waals surface area contributed by atoms with E-state index in [4.69, 9.17) is 0 Å². The Morgan fingerprint density at radius 1 is 1.06 bits per heavy atom. The number of amides is 1. The highest BCUT2D eigenvalue weighted by Gasteiger charge is 2.33. The third-order valence-corrected chi connectivity index (χ3v) is 7.50. The zero-order valence-corrected chi connectivity index (χ0v) is 18.7. The van der Waals surface area contributed by atoms with Crippen LogP contribution in [0.5, 0.6) is 0 Å². The van der Waals surface area contributed by atoms with Crippen molar-refractivity contribution >= 4 is 21.7 Å². The number of alkyl halides is 3. The van der Waals surface area contributed by atoms with E-state index in [1.807, 2.05) is 4.90 Å². The minimum absolute atomic E-state index is 0.0741. The van der Waals surface area contributed by atoms with Crippen LogP contribution in [0.25, 0.3) is 0 Å². The number of hydrogen-bond donors (Lipinski definition) is 0. The van der Waals surface area contributed by atoms with Gasteiger partial charge in [0.2, 0.25) is 10.0 Å². The predicted molar refractivity (Wildman–Crippen MR) is 113 cm³/mol. The first-order chi connectivity index (χ1) is 15.1. The molecule has 1 N–H and O–H groups in total. The fraction of sp³-hybridized carbons (Fsp3) is 0.429. The lowest BCUT2D eigenvalue weighted by Crippen LogP contribution is -2.50. The minimum Gasteiger partial charge on any atom is -0.331 e. The van der Waals surface area contributed by atoms with Gasteiger partial charge < -0.3 is 4.90 Å². The Hall–Kier alpha value is -2.66. The Labute approximate surface area is 185 Å². The van der Waals surface area contributed by atoms with Crippen LogP contribution < -0.4 is 9.88 Å². The number of carbonyl (C=O) groups is 1. The molecular weight excluding hydrogens is 445 g/mol. The summed E-state index contributed by atoms with van der Waals surface area (Å²) in [5, 5.41) is 0. The number of anilines is 1. The number of halogens is 3. The van der Waals surface area contributed by atoms with E-state index in [0.717, 1.165) is 12.3 Å². The first kappa shape index (κ1) is 24.0. The highest BCUT2D eigenvalue weighted by molar-refractivity contribution is 7.89. The zero-order valence-electron chi connectivity index (χ0n) is 17.9. The Morgan fingerprint density at radius 2 is 1.72 bits per heavy atom. The van der Waals surface area contributed by atoms with Crippen molar-refractivity contribution in [1.82, 2.24) is 9.21 Å². The molecule has 0 unspecified atom stereocenters. The fourth-order valence-corrected chi connectivity index (χ4v) is 5.13. The maximum absolute atomic E-state index is 13.0. The average Bonchev–Trinajstić information content (AvgIpc) is 2.79. The van der Waals surface area contributed by atoms with Gasteiger partial charge in [-0.15, -0.1) is 0 Å². The summed E-state index contributed by atoms with van der Waals surface area (Å²) in [5.74, 6) is 0.259. The lowest BCUT2D eigenvalue weighted by molar-refractivity contribution is -0.367. The molecule has 2 heterocycles. The monoisotopic (exact) mass is 471 g/mol. The molecule has 174 valence electrons. The molecule has 1 amide bonds. The van der Waals surface area contributed by atoms with Crippen LogP contribution in [0.15, 0.2) is 47.5 Å². The molecule has 7 nitrogen and oxygen atoms in total. The summed E-state index contributed by atoms with van der Waals surface area (Å²) in [4.78, 5) is 19.2. The zero-order chi connectivity index (χ0) is 23.5. The average molecular weight is 472 g/mol. The molecule has 3 rings (SSSR count). The SMILES string of the molecule is CCN(CC)S(=O)(=O)c1cccc(C(=O)N2CCN(c3ccc(C(F)(F)F)c[nH+]3)CC2)c1. The molecule has 32 heavy (non-hydrogen) atoms. The molecule has 1 aromatic heterocycles. The van der Waals surface area contributed by atoms with E-state index in [0.29, 0.717) is 45.1 Å². The van der Waals surface area contributed by atoms with Crippen molar-refractivity contribution in [1.29, 1.82) is 0 Å². The highest BCUT2D eigenvalue weighted by Crippen LogP contribution is 2.28. The number of H-pyrrole nitrogens is 1. The van der Waals surface area contributed by atoms with E-state index in [1.54, 1.807) is 30.9 Å². The van der Waals surface area contributed by atoms with Crippen molar-refractivity contribution in [3.63, 3.8) is 0 Å². The molecule has 0 aliphatic carbocycles. The minimum atomic E-state index is -4.41. The molecule has 11 heteroatoms. The summed E-state index contributed by atoms with van der Waals surface area (Å²) in [7, 11) is -3.68. The van der Waals surface area contributed by atoms with Gasteiger partial charge >= 0.3 is 6.18 Å². The number of rotatable bonds is 6. The lowest BCUT2D eigenvalue weighted by atomic mass is 10.2. The number of benzene rings is 1. The maximum Gasteiger partial charge on any atom is 0.419 e. The van der Waals surface area contributed by atoms with Gasteiger partial charge in [0, 0.05) is 24.7 Å². The Kier molecular flexibility index (Phi) is 7.09. The molecule has 1 aliphatic rings. The lowest BCUT2D eigenvalue weighted by Gasteiger charge is -2.31. The van der Waals surface area contributed by atoms with Gasteiger partial charge in [0.05, 0.1) is 23.5 Å². The van der Waals surface area contributed by atoms with Gasteiger partial charge in [-0.25, -0.2) is 13.4 Å². The van der Waals surface area contributed by atoms with Crippen LogP contribution in [0.2, 0.25) is 0 Å². The predicted octanol–water partition coefficient (Wildman–Crippen LogP) is 2.51. The number of aromatic nitrogens is 1. The van der Waals surface area contributed by atoms with E-state index < -0.39 is 21.8 Å². The van der Waals surface area contributed by atoms with Crippen LogP contribution in [0, 0.1) is 0 Å². The molecule has 1 fully saturated rings. The number of nitrogens with zero attached hydrogens (tertiary/aromatic N) is 3. The van der Waals surface area contributed by atoms with Gasteiger partial charge in [0.15, 0.2) is 0 Å². The van der Waals surface area contributed by atoms with E-state index in [2.05, 4.69) is 4.98 Å². The van der Waals surface area contributed by atoms with Gasteiger partial charge in [-0.1, -0.05) is 19.9 Å². The number of nitrogens with one attached hydrogen (secondary N) is 1. The Morgan fingerprint density at radius 3 is 2.25 bits per heavy atom. The fourth-order valence-electron chi connectivity index (χ4n) is 3.62. The Balaban J connectivity index is 1.68. The molecule has 0 bridgehead atoms. The number of sulfonamides is 1. The first-order valence-corrected chi connectivity index (χ1v) is 11.7. The third-order valence-electron chi connectivity index (χ3n) is 5.46. The van der Waals surface area contributed by atoms with Crippen molar-refractivity contribution in [2.24, 2.45) is 0 Å². The van der Waals surface area contributed by atoms with Gasteiger partial charge in [-0.2, -0.15) is 17.5 Å². The third kappa shape index (κ3) is 5.04. The maximum atomic E-state index is 13.0. The summed E-state index contributed by atoms with van der Waals surface area (Å²) in [5.41, 5.74) is -0.470. The largest absolute Gasteiger partial charge is 0.419 e. The number of aromatic amines is 1. The summed E-state index contributed by atoms with van der Waals surface area (Å²) in [6.07, 6.45) is -3.48. The number of carbonyl (C=O) groups excluding carboxylic acids is 1. The molecule has 1 aromatic carbocycles. The molecule has 0 atom stereocenters. The highest BCUT2D eigenvalue weighted by atomic mass is 32.2. The van der Waals surface area contributed by atoms with E-state index in [-0.39, 0.29) is 16.4 Å². The van der Waals surface area contributed by atoms with Crippen molar-refractivity contribution in [2.75, 3.05) is 44.2 Å². The summed E-state index contributed by atoms with van der Waals surface area (Å²) >= 11 is 0. The van der Waals surface area contributed by atoms with Crippen LogP contribution in [0.4, 0.5) is 19.0 Å². The van der Waals surface area contributed by atoms with Crippen LogP contribution in [0.3, 0.4) is 0 Å².